The molecular formula is C14H12N2O3. The van der Waals surface area contributed by atoms with Gasteiger partial charge in [-0.05, 0) is 13.0 Å². The Labute approximate surface area is 109 Å². The van der Waals surface area contributed by atoms with E-state index >= 15 is 0 Å². The first-order valence-corrected chi connectivity index (χ1v) is 5.88. The zero-order chi connectivity index (χ0) is 13.4. The smallest absolute Gasteiger partial charge is 0.372 e. The van der Waals surface area contributed by atoms with Gasteiger partial charge in [0.1, 0.15) is 11.4 Å². The number of carboxylic acid groups (broad SMARTS) is 1. The van der Waals surface area contributed by atoms with Gasteiger partial charge >= 0.3 is 5.97 Å². The topological polar surface area (TPSA) is 68.3 Å². The summed E-state index contributed by atoms with van der Waals surface area (Å²) < 4.78 is 7.31. The van der Waals surface area contributed by atoms with E-state index in [4.69, 9.17) is 4.42 Å². The van der Waals surface area contributed by atoms with Gasteiger partial charge < -0.3 is 14.1 Å². The highest BCUT2D eigenvalue weighted by atomic mass is 16.4. The number of aromatic nitrogens is 2. The van der Waals surface area contributed by atoms with E-state index in [1.807, 2.05) is 35.9 Å². The minimum atomic E-state index is -1.05. The van der Waals surface area contributed by atoms with Crippen molar-refractivity contribution in [1.29, 1.82) is 0 Å². The van der Waals surface area contributed by atoms with Crippen LogP contribution in [0.3, 0.4) is 0 Å². The second kappa shape index (κ2) is 4.28. The van der Waals surface area contributed by atoms with Gasteiger partial charge in [-0.2, -0.15) is 0 Å². The van der Waals surface area contributed by atoms with Crippen molar-refractivity contribution in [3.8, 4) is 0 Å². The fraction of sp³-hybridized carbons (Fsp3) is 0.143. The molecule has 0 aliphatic rings. The minimum absolute atomic E-state index is 0.00528. The summed E-state index contributed by atoms with van der Waals surface area (Å²) in [7, 11) is 0. The Balaban J connectivity index is 2.18. The number of imidazole rings is 1. The van der Waals surface area contributed by atoms with Crippen LogP contribution >= 0.6 is 0 Å². The normalized spacial score (nSPS) is 11.0. The highest BCUT2D eigenvalue weighted by Gasteiger charge is 2.20. The van der Waals surface area contributed by atoms with Crippen molar-refractivity contribution in [3.05, 3.63) is 53.8 Å². The molecule has 19 heavy (non-hydrogen) atoms. The number of hydrogen-bond acceptors (Lipinski definition) is 3. The molecule has 2 aromatic heterocycles. The second-order valence-corrected chi connectivity index (χ2v) is 4.31. The van der Waals surface area contributed by atoms with Crippen LogP contribution in [-0.4, -0.2) is 20.6 Å². The van der Waals surface area contributed by atoms with Crippen molar-refractivity contribution in [2.75, 3.05) is 0 Å². The number of rotatable bonds is 3. The van der Waals surface area contributed by atoms with Crippen LogP contribution in [0.15, 0.2) is 41.1 Å². The van der Waals surface area contributed by atoms with Gasteiger partial charge in [0.25, 0.3) is 0 Å². The van der Waals surface area contributed by atoms with Crippen molar-refractivity contribution in [1.82, 2.24) is 9.55 Å². The van der Waals surface area contributed by atoms with Gasteiger partial charge in [-0.25, -0.2) is 9.78 Å². The summed E-state index contributed by atoms with van der Waals surface area (Å²) in [4.78, 5) is 15.4. The van der Waals surface area contributed by atoms with E-state index in [1.165, 1.54) is 0 Å². The van der Waals surface area contributed by atoms with Gasteiger partial charge in [-0.1, -0.05) is 18.2 Å². The summed E-state index contributed by atoms with van der Waals surface area (Å²) in [6.07, 6.45) is 3.51. The lowest BCUT2D eigenvalue weighted by Crippen LogP contribution is -2.05. The lowest BCUT2D eigenvalue weighted by molar-refractivity contribution is 0.0663. The molecule has 0 spiro atoms. The van der Waals surface area contributed by atoms with Crippen molar-refractivity contribution in [2.24, 2.45) is 0 Å². The fourth-order valence-corrected chi connectivity index (χ4v) is 2.17. The highest BCUT2D eigenvalue weighted by molar-refractivity contribution is 5.95. The van der Waals surface area contributed by atoms with Gasteiger partial charge in [0.15, 0.2) is 0 Å². The lowest BCUT2D eigenvalue weighted by atomic mass is 10.1. The predicted octanol–water partition coefficient (Wildman–Crippen LogP) is 2.68. The molecule has 2 heterocycles. The number of carboxylic acids is 1. The van der Waals surface area contributed by atoms with Gasteiger partial charge in [-0.3, -0.25) is 0 Å². The van der Waals surface area contributed by atoms with Crippen molar-refractivity contribution in [2.45, 2.75) is 13.5 Å². The van der Waals surface area contributed by atoms with E-state index in [9.17, 15) is 9.90 Å². The molecular weight excluding hydrogens is 244 g/mol. The highest BCUT2D eigenvalue weighted by Crippen LogP contribution is 2.26. The molecule has 3 aromatic rings. The largest absolute Gasteiger partial charge is 0.475 e. The summed E-state index contributed by atoms with van der Waals surface area (Å²) in [5, 5.41) is 10.1. The summed E-state index contributed by atoms with van der Waals surface area (Å²) in [5.41, 5.74) is 1.26. The second-order valence-electron chi connectivity index (χ2n) is 4.31. The van der Waals surface area contributed by atoms with Crippen LogP contribution in [0, 0.1) is 6.92 Å². The van der Waals surface area contributed by atoms with Crippen LogP contribution in [0.25, 0.3) is 11.0 Å². The number of aromatic carboxylic acids is 1. The molecule has 1 N–H and O–H groups in total. The zero-order valence-electron chi connectivity index (χ0n) is 10.3. The van der Waals surface area contributed by atoms with Crippen LogP contribution in [-0.2, 0) is 6.54 Å². The molecule has 0 aliphatic carbocycles. The Bertz CT molecular complexity index is 755. The van der Waals surface area contributed by atoms with E-state index < -0.39 is 5.97 Å². The van der Waals surface area contributed by atoms with Crippen LogP contribution in [0.4, 0.5) is 0 Å². The molecule has 0 atom stereocenters. The predicted molar refractivity (Wildman–Crippen MR) is 69.2 cm³/mol. The van der Waals surface area contributed by atoms with E-state index in [0.29, 0.717) is 17.7 Å². The molecule has 0 bridgehead atoms. The van der Waals surface area contributed by atoms with Gasteiger partial charge in [-0.15, -0.1) is 0 Å². The van der Waals surface area contributed by atoms with Crippen LogP contribution < -0.4 is 0 Å². The standard InChI is InChI=1S/C14H12N2O3/c1-9-15-6-7-16(9)8-11-10-4-2-3-5-12(10)19-13(11)14(17)18/h2-7H,8H2,1H3,(H,17,18). The molecule has 0 fully saturated rings. The van der Waals surface area contributed by atoms with Crippen molar-refractivity contribution >= 4 is 16.9 Å². The van der Waals surface area contributed by atoms with Crippen molar-refractivity contribution < 1.29 is 14.3 Å². The number of hydrogen-bond donors (Lipinski definition) is 1. The van der Waals surface area contributed by atoms with Crippen LogP contribution in [0.5, 0.6) is 0 Å². The maximum atomic E-state index is 11.3. The van der Waals surface area contributed by atoms with Gasteiger partial charge in [0.05, 0.1) is 6.54 Å². The summed E-state index contributed by atoms with van der Waals surface area (Å²) in [6, 6.07) is 7.33. The summed E-state index contributed by atoms with van der Waals surface area (Å²) >= 11 is 0. The number of nitrogens with zero attached hydrogens (tertiary/aromatic N) is 2. The number of furan rings is 1. The first kappa shape index (κ1) is 11.5. The lowest BCUT2D eigenvalue weighted by Gasteiger charge is -2.04. The number of carbonyl (C=O) groups is 1. The first-order valence-electron chi connectivity index (χ1n) is 5.88. The molecule has 0 amide bonds. The average molecular weight is 256 g/mol. The van der Waals surface area contributed by atoms with Gasteiger partial charge in [0.2, 0.25) is 5.76 Å². The third kappa shape index (κ3) is 1.89. The quantitative estimate of drug-likeness (QED) is 0.782. The maximum Gasteiger partial charge on any atom is 0.372 e. The Morgan fingerprint density at radius 3 is 2.89 bits per heavy atom. The number of aryl methyl sites for hydroxylation is 1. The molecule has 5 nitrogen and oxygen atoms in total. The van der Waals surface area contributed by atoms with Gasteiger partial charge in [0, 0.05) is 23.3 Å². The van der Waals surface area contributed by atoms with E-state index in [0.717, 1.165) is 11.2 Å². The summed E-state index contributed by atoms with van der Waals surface area (Å²) in [5.74, 6) is -0.222. The summed E-state index contributed by atoms with van der Waals surface area (Å²) in [6.45, 7) is 2.31. The van der Waals surface area contributed by atoms with E-state index in [2.05, 4.69) is 4.98 Å². The monoisotopic (exact) mass is 256 g/mol. The number of para-hydroxylation sites is 1. The Hall–Kier alpha value is -2.56. The minimum Gasteiger partial charge on any atom is -0.475 e. The van der Waals surface area contributed by atoms with Crippen LogP contribution in [0.1, 0.15) is 21.9 Å². The molecule has 3 rings (SSSR count). The average Bonchev–Trinajstić information content (AvgIpc) is 2.95. The van der Waals surface area contributed by atoms with Crippen LogP contribution in [0.2, 0.25) is 0 Å². The maximum absolute atomic E-state index is 11.3. The Kier molecular flexibility index (Phi) is 2.59. The molecule has 96 valence electrons. The molecule has 0 radical (unpaired) electrons. The Morgan fingerprint density at radius 1 is 1.42 bits per heavy atom. The molecule has 0 saturated heterocycles. The molecule has 0 saturated carbocycles. The fourth-order valence-electron chi connectivity index (χ4n) is 2.17. The first-order chi connectivity index (χ1) is 9.16. The molecule has 1 aromatic carbocycles. The van der Waals surface area contributed by atoms with Crippen molar-refractivity contribution in [3.63, 3.8) is 0 Å². The number of fused-ring (bicyclic) bond motifs is 1. The van der Waals surface area contributed by atoms with E-state index in [1.54, 1.807) is 12.3 Å². The van der Waals surface area contributed by atoms with E-state index in [-0.39, 0.29) is 5.76 Å². The molecule has 0 aliphatic heterocycles. The molecule has 5 heteroatoms. The molecule has 0 unspecified atom stereocenters. The SMILES string of the molecule is Cc1nccn1Cc1c(C(=O)O)oc2ccccc12. The Morgan fingerprint density at radius 2 is 2.21 bits per heavy atom. The number of benzene rings is 1. The third-order valence-electron chi connectivity index (χ3n) is 3.14. The third-order valence-corrected chi connectivity index (χ3v) is 3.14. The zero-order valence-corrected chi connectivity index (χ0v) is 10.3.